The number of hydrogen-bond donors (Lipinski definition) is 0. The second-order valence-corrected chi connectivity index (χ2v) is 5.85. The fourth-order valence-corrected chi connectivity index (χ4v) is 2.57. The van der Waals surface area contributed by atoms with E-state index in [0.29, 0.717) is 5.41 Å². The molecule has 0 N–H and O–H groups in total. The molecule has 15 heavy (non-hydrogen) atoms. The first kappa shape index (κ1) is 10.7. The molecule has 0 aromatic heterocycles. The zero-order chi connectivity index (χ0) is 10.9. The molecule has 1 aromatic carbocycles. The lowest BCUT2D eigenvalue weighted by Gasteiger charge is -2.34. The highest BCUT2D eigenvalue weighted by Crippen LogP contribution is 2.42. The maximum atomic E-state index is 2.40. The fraction of sp³-hybridized carbons (Fsp3) is 0.600. The first-order valence-corrected chi connectivity index (χ1v) is 6.13. The lowest BCUT2D eigenvalue weighted by Crippen LogP contribution is -2.20. The minimum absolute atomic E-state index is 0.585. The van der Waals surface area contributed by atoms with Gasteiger partial charge >= 0.3 is 0 Å². The Labute approximate surface area is 93.7 Å². The molecule has 0 bridgehead atoms. The molecule has 0 spiro atoms. The molecule has 1 aliphatic carbocycles. The van der Waals surface area contributed by atoms with Gasteiger partial charge in [-0.1, -0.05) is 43.7 Å². The Morgan fingerprint density at radius 1 is 1.00 bits per heavy atom. The van der Waals surface area contributed by atoms with Gasteiger partial charge in [0, 0.05) is 0 Å². The molecule has 2 rings (SSSR count). The molecule has 0 radical (unpaired) electrons. The summed E-state index contributed by atoms with van der Waals surface area (Å²) in [6.07, 6.45) is 5.50. The van der Waals surface area contributed by atoms with Gasteiger partial charge in [0.15, 0.2) is 0 Å². The number of rotatable bonds is 1. The van der Waals surface area contributed by atoms with E-state index in [1.54, 1.807) is 5.56 Å². The van der Waals surface area contributed by atoms with Crippen molar-refractivity contribution in [1.82, 2.24) is 0 Å². The van der Waals surface area contributed by atoms with E-state index in [2.05, 4.69) is 45.0 Å². The van der Waals surface area contributed by atoms with Gasteiger partial charge in [-0.25, -0.2) is 0 Å². The summed E-state index contributed by atoms with van der Waals surface area (Å²) >= 11 is 0. The van der Waals surface area contributed by atoms with Crippen LogP contribution in [0.3, 0.4) is 0 Å². The largest absolute Gasteiger partial charge is 0.0599 e. The Bertz CT molecular complexity index is 308. The molecular formula is C15H22. The van der Waals surface area contributed by atoms with Gasteiger partial charge in [-0.15, -0.1) is 0 Å². The van der Waals surface area contributed by atoms with Crippen molar-refractivity contribution < 1.29 is 0 Å². The van der Waals surface area contributed by atoms with Gasteiger partial charge in [0.05, 0.1) is 0 Å². The van der Waals surface area contributed by atoms with Gasteiger partial charge in [0.25, 0.3) is 0 Å². The first-order chi connectivity index (χ1) is 7.07. The van der Waals surface area contributed by atoms with Gasteiger partial charge in [0.1, 0.15) is 0 Å². The predicted octanol–water partition coefficient (Wildman–Crippen LogP) is 4.68. The van der Waals surface area contributed by atoms with Crippen LogP contribution in [0.2, 0.25) is 0 Å². The Hall–Kier alpha value is -0.780. The average Bonchev–Trinajstić information content (AvgIpc) is 2.20. The highest BCUT2D eigenvalue weighted by molar-refractivity contribution is 5.24. The topological polar surface area (TPSA) is 0 Å². The quantitative estimate of drug-likeness (QED) is 0.620. The van der Waals surface area contributed by atoms with E-state index < -0.39 is 0 Å². The summed E-state index contributed by atoms with van der Waals surface area (Å²) in [4.78, 5) is 0. The summed E-state index contributed by atoms with van der Waals surface area (Å²) in [7, 11) is 0. The van der Waals surface area contributed by atoms with E-state index in [4.69, 9.17) is 0 Å². The second kappa shape index (κ2) is 4.00. The molecule has 0 aliphatic heterocycles. The maximum Gasteiger partial charge on any atom is -0.0162 e. The van der Waals surface area contributed by atoms with Crippen LogP contribution in [0.1, 0.15) is 56.6 Å². The average molecular weight is 202 g/mol. The van der Waals surface area contributed by atoms with E-state index in [1.165, 1.54) is 31.2 Å². The van der Waals surface area contributed by atoms with Gasteiger partial charge < -0.3 is 0 Å². The van der Waals surface area contributed by atoms with Crippen LogP contribution < -0.4 is 0 Å². The third-order valence-electron chi connectivity index (χ3n) is 3.89. The summed E-state index contributed by atoms with van der Waals surface area (Å²) < 4.78 is 0. The summed E-state index contributed by atoms with van der Waals surface area (Å²) in [5.74, 6) is 0.818. The molecule has 0 nitrogen and oxygen atoms in total. The van der Waals surface area contributed by atoms with Crippen molar-refractivity contribution in [2.24, 2.45) is 5.41 Å². The lowest BCUT2D eigenvalue weighted by atomic mass is 9.71. The Morgan fingerprint density at radius 3 is 2.07 bits per heavy atom. The van der Waals surface area contributed by atoms with E-state index in [-0.39, 0.29) is 0 Å². The molecule has 0 amide bonds. The minimum Gasteiger partial charge on any atom is -0.0599 e. The number of hydrogen-bond acceptors (Lipinski definition) is 0. The Kier molecular flexibility index (Phi) is 2.86. The Morgan fingerprint density at radius 2 is 1.53 bits per heavy atom. The van der Waals surface area contributed by atoms with Crippen molar-refractivity contribution in [3.8, 4) is 0 Å². The molecule has 0 unspecified atom stereocenters. The van der Waals surface area contributed by atoms with Crippen molar-refractivity contribution in [3.05, 3.63) is 35.4 Å². The van der Waals surface area contributed by atoms with Crippen LogP contribution >= 0.6 is 0 Å². The fourth-order valence-electron chi connectivity index (χ4n) is 2.57. The third-order valence-corrected chi connectivity index (χ3v) is 3.89. The molecule has 1 aliphatic rings. The Balaban J connectivity index is 2.04. The molecule has 1 saturated carbocycles. The molecule has 0 saturated heterocycles. The van der Waals surface area contributed by atoms with E-state index >= 15 is 0 Å². The van der Waals surface area contributed by atoms with Crippen LogP contribution in [0.15, 0.2) is 24.3 Å². The van der Waals surface area contributed by atoms with Crippen LogP contribution in [0, 0.1) is 12.3 Å². The van der Waals surface area contributed by atoms with E-state index in [0.717, 1.165) is 5.92 Å². The number of benzene rings is 1. The smallest absolute Gasteiger partial charge is 0.0162 e. The van der Waals surface area contributed by atoms with Crippen LogP contribution in [0.5, 0.6) is 0 Å². The highest BCUT2D eigenvalue weighted by Gasteiger charge is 2.27. The van der Waals surface area contributed by atoms with Crippen molar-refractivity contribution in [2.45, 2.75) is 52.4 Å². The lowest BCUT2D eigenvalue weighted by molar-refractivity contribution is 0.224. The molecule has 0 atom stereocenters. The monoisotopic (exact) mass is 202 g/mol. The first-order valence-electron chi connectivity index (χ1n) is 6.13. The maximum absolute atomic E-state index is 2.40. The second-order valence-electron chi connectivity index (χ2n) is 5.85. The van der Waals surface area contributed by atoms with Gasteiger partial charge in [-0.05, 0) is 49.5 Å². The van der Waals surface area contributed by atoms with Gasteiger partial charge in [-0.2, -0.15) is 0 Å². The molecule has 0 heterocycles. The molecular weight excluding hydrogens is 180 g/mol. The van der Waals surface area contributed by atoms with Crippen molar-refractivity contribution in [2.75, 3.05) is 0 Å². The summed E-state index contributed by atoms with van der Waals surface area (Å²) in [6.45, 7) is 6.96. The third kappa shape index (κ3) is 2.62. The zero-order valence-corrected chi connectivity index (χ0v) is 10.2. The predicted molar refractivity (Wildman–Crippen MR) is 66.2 cm³/mol. The minimum atomic E-state index is 0.585. The van der Waals surface area contributed by atoms with Crippen molar-refractivity contribution >= 4 is 0 Å². The van der Waals surface area contributed by atoms with Gasteiger partial charge in [-0.3, -0.25) is 0 Å². The van der Waals surface area contributed by atoms with E-state index in [1.807, 2.05) is 0 Å². The number of aryl methyl sites for hydroxylation is 1. The molecule has 1 fully saturated rings. The summed E-state index contributed by atoms with van der Waals surface area (Å²) in [6, 6.07) is 9.13. The summed E-state index contributed by atoms with van der Waals surface area (Å²) in [5.41, 5.74) is 3.51. The molecule has 1 aromatic rings. The summed E-state index contributed by atoms with van der Waals surface area (Å²) in [5, 5.41) is 0. The standard InChI is InChI=1S/C15H22/c1-12-4-6-13(7-5-12)14-8-10-15(2,3)11-9-14/h4-7,14H,8-11H2,1-3H3. The van der Waals surface area contributed by atoms with E-state index in [9.17, 15) is 0 Å². The SMILES string of the molecule is Cc1ccc(C2CCC(C)(C)CC2)cc1. The van der Waals surface area contributed by atoms with Crippen LogP contribution in [0.25, 0.3) is 0 Å². The normalized spacial score (nSPS) is 21.5. The zero-order valence-electron chi connectivity index (χ0n) is 10.2. The van der Waals surface area contributed by atoms with Crippen molar-refractivity contribution in [3.63, 3.8) is 0 Å². The molecule has 0 heteroatoms. The molecule has 82 valence electrons. The highest BCUT2D eigenvalue weighted by atomic mass is 14.3. The van der Waals surface area contributed by atoms with Gasteiger partial charge in [0.2, 0.25) is 0 Å². The van der Waals surface area contributed by atoms with Crippen LogP contribution in [-0.4, -0.2) is 0 Å². The van der Waals surface area contributed by atoms with Crippen molar-refractivity contribution in [1.29, 1.82) is 0 Å². The van der Waals surface area contributed by atoms with Crippen LogP contribution in [0.4, 0.5) is 0 Å². The van der Waals surface area contributed by atoms with Crippen LogP contribution in [-0.2, 0) is 0 Å².